The van der Waals surface area contributed by atoms with Crippen LogP contribution in [0.2, 0.25) is 0 Å². The zero-order chi connectivity index (χ0) is 18.8. The van der Waals surface area contributed by atoms with Crippen LogP contribution in [0.25, 0.3) is 5.65 Å². The highest BCUT2D eigenvalue weighted by Crippen LogP contribution is 2.17. The molecule has 0 saturated carbocycles. The molecule has 1 amide bonds. The smallest absolute Gasteiger partial charge is 0.254 e. The van der Waals surface area contributed by atoms with E-state index in [4.69, 9.17) is 9.47 Å². The number of fused-ring (bicyclic) bond motifs is 1. The number of amides is 1. The molecule has 140 valence electrons. The quantitative estimate of drug-likeness (QED) is 0.713. The summed E-state index contributed by atoms with van der Waals surface area (Å²) in [4.78, 5) is 19.0. The monoisotopic (exact) mass is 365 g/mol. The minimum absolute atomic E-state index is 0.0347. The zero-order valence-electron chi connectivity index (χ0n) is 15.6. The van der Waals surface area contributed by atoms with Crippen molar-refractivity contribution in [3.8, 4) is 5.75 Å². The van der Waals surface area contributed by atoms with E-state index in [0.717, 1.165) is 22.7 Å². The summed E-state index contributed by atoms with van der Waals surface area (Å²) in [5.41, 5.74) is 3.60. The molecule has 1 aromatic carbocycles. The van der Waals surface area contributed by atoms with Gasteiger partial charge in [0.2, 0.25) is 0 Å². The van der Waals surface area contributed by atoms with Gasteiger partial charge in [-0.05, 0) is 49.7 Å². The molecule has 0 N–H and O–H groups in total. The second-order valence-corrected chi connectivity index (χ2v) is 6.90. The van der Waals surface area contributed by atoms with Gasteiger partial charge in [0.15, 0.2) is 0 Å². The maximum atomic E-state index is 12.6. The molecule has 6 heteroatoms. The Balaban J connectivity index is 1.40. The molecule has 1 saturated heterocycles. The first-order chi connectivity index (χ1) is 13.1. The van der Waals surface area contributed by atoms with Gasteiger partial charge in [0, 0.05) is 31.0 Å². The molecule has 1 atom stereocenters. The maximum Gasteiger partial charge on any atom is 0.254 e. The molecule has 6 nitrogen and oxygen atoms in total. The Kier molecular flexibility index (Phi) is 4.81. The first-order valence-electron chi connectivity index (χ1n) is 9.17. The van der Waals surface area contributed by atoms with Crippen LogP contribution in [0.1, 0.15) is 28.5 Å². The van der Waals surface area contributed by atoms with Crippen LogP contribution in [0.4, 0.5) is 0 Å². The fraction of sp³-hybridized carbons (Fsp3) is 0.333. The molecule has 3 heterocycles. The number of pyridine rings is 1. The zero-order valence-corrected chi connectivity index (χ0v) is 15.6. The molecule has 0 aliphatic carbocycles. The third-order valence-electron chi connectivity index (χ3n) is 4.74. The molecular formula is C21H23N3O3. The number of carbonyl (C=O) groups excluding carboxylic acids is 1. The summed E-state index contributed by atoms with van der Waals surface area (Å²) < 4.78 is 13.3. The Bertz CT molecular complexity index is 949. The van der Waals surface area contributed by atoms with Gasteiger partial charge in [-0.15, -0.1) is 0 Å². The first-order valence-corrected chi connectivity index (χ1v) is 9.17. The largest absolute Gasteiger partial charge is 0.487 e. The van der Waals surface area contributed by atoms with Crippen LogP contribution < -0.4 is 4.74 Å². The standard InChI is InChI=1S/C21H23N3O3/c1-15-4-3-9-23-13-18(22-20(15)23)14-27-19-7-5-17(6-8-19)21(25)24-10-11-26-16(2)12-24/h3-9,13,16H,10-12,14H2,1-2H3/t16-/m1/s1. The van der Waals surface area contributed by atoms with E-state index in [0.29, 0.717) is 31.9 Å². The third-order valence-corrected chi connectivity index (χ3v) is 4.74. The average molecular weight is 365 g/mol. The number of nitrogens with zero attached hydrogens (tertiary/aromatic N) is 3. The predicted octanol–water partition coefficient (Wildman–Crippen LogP) is 3.08. The second kappa shape index (κ2) is 7.40. The van der Waals surface area contributed by atoms with E-state index in [9.17, 15) is 4.79 Å². The summed E-state index contributed by atoms with van der Waals surface area (Å²) in [7, 11) is 0. The molecule has 1 aliphatic heterocycles. The molecule has 1 aliphatic rings. The van der Waals surface area contributed by atoms with Gasteiger partial charge in [-0.25, -0.2) is 4.98 Å². The van der Waals surface area contributed by atoms with Gasteiger partial charge in [-0.3, -0.25) is 4.79 Å². The van der Waals surface area contributed by atoms with Crippen molar-refractivity contribution in [2.75, 3.05) is 19.7 Å². The Morgan fingerprint density at radius 2 is 2.11 bits per heavy atom. The number of carbonyl (C=O) groups is 1. The van der Waals surface area contributed by atoms with Gasteiger partial charge in [-0.1, -0.05) is 6.07 Å². The number of morpholine rings is 1. The van der Waals surface area contributed by atoms with Crippen LogP contribution in [0.5, 0.6) is 5.75 Å². The summed E-state index contributed by atoms with van der Waals surface area (Å²) in [5, 5.41) is 0. The van der Waals surface area contributed by atoms with E-state index in [1.165, 1.54) is 0 Å². The number of ether oxygens (including phenoxy) is 2. The van der Waals surface area contributed by atoms with E-state index in [-0.39, 0.29) is 12.0 Å². The highest BCUT2D eigenvalue weighted by atomic mass is 16.5. The molecule has 0 spiro atoms. The van der Waals surface area contributed by atoms with E-state index < -0.39 is 0 Å². The van der Waals surface area contributed by atoms with Crippen molar-refractivity contribution < 1.29 is 14.3 Å². The summed E-state index contributed by atoms with van der Waals surface area (Å²) in [6.07, 6.45) is 4.03. The lowest BCUT2D eigenvalue weighted by atomic mass is 10.1. The van der Waals surface area contributed by atoms with Crippen LogP contribution in [0.15, 0.2) is 48.8 Å². The van der Waals surface area contributed by atoms with Crippen molar-refractivity contribution in [1.82, 2.24) is 14.3 Å². The minimum Gasteiger partial charge on any atom is -0.487 e. The Labute approximate surface area is 158 Å². The highest BCUT2D eigenvalue weighted by Gasteiger charge is 2.22. The van der Waals surface area contributed by atoms with Crippen LogP contribution in [0, 0.1) is 6.92 Å². The summed E-state index contributed by atoms with van der Waals surface area (Å²) in [5.74, 6) is 0.753. The number of aryl methyl sites for hydroxylation is 1. The summed E-state index contributed by atoms with van der Waals surface area (Å²) in [6.45, 7) is 6.26. The topological polar surface area (TPSA) is 56.1 Å². The molecule has 4 rings (SSSR count). The van der Waals surface area contributed by atoms with Crippen molar-refractivity contribution in [3.63, 3.8) is 0 Å². The van der Waals surface area contributed by atoms with Gasteiger partial charge in [0.25, 0.3) is 5.91 Å². The van der Waals surface area contributed by atoms with Crippen LogP contribution >= 0.6 is 0 Å². The molecule has 2 aromatic heterocycles. The summed E-state index contributed by atoms with van der Waals surface area (Å²) >= 11 is 0. The van der Waals surface area contributed by atoms with Gasteiger partial charge in [-0.2, -0.15) is 0 Å². The van der Waals surface area contributed by atoms with Crippen molar-refractivity contribution in [2.45, 2.75) is 26.6 Å². The van der Waals surface area contributed by atoms with Gasteiger partial charge in [0.1, 0.15) is 18.0 Å². The second-order valence-electron chi connectivity index (χ2n) is 6.90. The highest BCUT2D eigenvalue weighted by molar-refractivity contribution is 5.94. The molecular weight excluding hydrogens is 342 g/mol. The van der Waals surface area contributed by atoms with E-state index in [1.54, 1.807) is 0 Å². The van der Waals surface area contributed by atoms with E-state index >= 15 is 0 Å². The molecule has 0 bridgehead atoms. The SMILES string of the molecule is Cc1cccn2cc(COc3ccc(C(=O)N4CCO[C@H](C)C4)cc3)nc12. The fourth-order valence-electron chi connectivity index (χ4n) is 3.31. The summed E-state index contributed by atoms with van der Waals surface area (Å²) in [6, 6.07) is 11.3. The number of hydrogen-bond donors (Lipinski definition) is 0. The van der Waals surface area contributed by atoms with Gasteiger partial charge >= 0.3 is 0 Å². The lowest BCUT2D eigenvalue weighted by Crippen LogP contribution is -2.44. The lowest BCUT2D eigenvalue weighted by Gasteiger charge is -2.31. The minimum atomic E-state index is 0.0347. The van der Waals surface area contributed by atoms with Crippen molar-refractivity contribution in [2.24, 2.45) is 0 Å². The van der Waals surface area contributed by atoms with E-state index in [1.807, 2.05) is 71.9 Å². The molecule has 0 unspecified atom stereocenters. The van der Waals surface area contributed by atoms with Crippen molar-refractivity contribution >= 4 is 11.6 Å². The number of benzene rings is 1. The lowest BCUT2D eigenvalue weighted by molar-refractivity contribution is -0.0124. The number of aromatic nitrogens is 2. The Hall–Kier alpha value is -2.86. The average Bonchev–Trinajstić information content (AvgIpc) is 3.11. The maximum absolute atomic E-state index is 12.6. The number of imidazole rings is 1. The number of rotatable bonds is 4. The van der Waals surface area contributed by atoms with Crippen molar-refractivity contribution in [1.29, 1.82) is 0 Å². The molecule has 1 fully saturated rings. The molecule has 27 heavy (non-hydrogen) atoms. The Morgan fingerprint density at radius 3 is 2.85 bits per heavy atom. The normalized spacial score (nSPS) is 17.3. The third kappa shape index (κ3) is 3.80. The predicted molar refractivity (Wildman–Crippen MR) is 102 cm³/mol. The van der Waals surface area contributed by atoms with E-state index in [2.05, 4.69) is 4.98 Å². The van der Waals surface area contributed by atoms with Gasteiger partial charge in [0.05, 0.1) is 18.4 Å². The van der Waals surface area contributed by atoms with Gasteiger partial charge < -0.3 is 18.8 Å². The number of hydrogen-bond acceptors (Lipinski definition) is 4. The Morgan fingerprint density at radius 1 is 1.30 bits per heavy atom. The van der Waals surface area contributed by atoms with Crippen molar-refractivity contribution in [3.05, 3.63) is 65.6 Å². The molecule has 0 radical (unpaired) electrons. The molecule has 3 aromatic rings. The van der Waals surface area contributed by atoms with Crippen LogP contribution in [-0.4, -0.2) is 46.0 Å². The fourth-order valence-corrected chi connectivity index (χ4v) is 3.31. The van der Waals surface area contributed by atoms with Crippen LogP contribution in [-0.2, 0) is 11.3 Å². The van der Waals surface area contributed by atoms with Crippen LogP contribution in [0.3, 0.4) is 0 Å². The first kappa shape index (κ1) is 17.5.